The van der Waals surface area contributed by atoms with Crippen molar-refractivity contribution in [3.05, 3.63) is 30.5 Å². The number of anilines is 1. The van der Waals surface area contributed by atoms with Crippen LogP contribution in [0.15, 0.2) is 30.5 Å². The molecule has 1 aromatic carbocycles. The average molecular weight is 356 g/mol. The SMILES string of the molecule is CNc1cccc(-c2cn(CC(=O)NC3CCN(C(C)C)CC3)nn2)c1. The summed E-state index contributed by atoms with van der Waals surface area (Å²) in [4.78, 5) is 14.8. The fraction of sp³-hybridized carbons (Fsp3) is 0.526. The molecule has 2 heterocycles. The number of likely N-dealkylation sites (tertiary alicyclic amines) is 1. The Morgan fingerprint density at radius 2 is 2.08 bits per heavy atom. The summed E-state index contributed by atoms with van der Waals surface area (Å²) < 4.78 is 1.60. The monoisotopic (exact) mass is 356 g/mol. The number of piperidine rings is 1. The van der Waals surface area contributed by atoms with Gasteiger partial charge in [-0.2, -0.15) is 0 Å². The first-order valence-electron chi connectivity index (χ1n) is 9.27. The van der Waals surface area contributed by atoms with Crippen molar-refractivity contribution in [3.8, 4) is 11.3 Å². The van der Waals surface area contributed by atoms with Crippen LogP contribution >= 0.6 is 0 Å². The molecule has 140 valence electrons. The van der Waals surface area contributed by atoms with Crippen LogP contribution in [0.25, 0.3) is 11.3 Å². The summed E-state index contributed by atoms with van der Waals surface area (Å²) >= 11 is 0. The molecular formula is C19H28N6O. The molecule has 7 heteroatoms. The van der Waals surface area contributed by atoms with Gasteiger partial charge < -0.3 is 15.5 Å². The number of hydrogen-bond donors (Lipinski definition) is 2. The zero-order valence-electron chi connectivity index (χ0n) is 15.8. The third kappa shape index (κ3) is 4.60. The topological polar surface area (TPSA) is 75.1 Å². The van der Waals surface area contributed by atoms with Crippen molar-refractivity contribution in [2.75, 3.05) is 25.5 Å². The van der Waals surface area contributed by atoms with Crippen molar-refractivity contribution in [2.45, 2.75) is 45.3 Å². The van der Waals surface area contributed by atoms with Gasteiger partial charge in [-0.3, -0.25) is 4.79 Å². The number of carbonyl (C=O) groups excluding carboxylic acids is 1. The number of carbonyl (C=O) groups is 1. The van der Waals surface area contributed by atoms with Crippen molar-refractivity contribution in [3.63, 3.8) is 0 Å². The molecule has 1 saturated heterocycles. The lowest BCUT2D eigenvalue weighted by atomic mass is 10.0. The molecule has 0 bridgehead atoms. The molecule has 1 fully saturated rings. The summed E-state index contributed by atoms with van der Waals surface area (Å²) in [5, 5.41) is 14.5. The van der Waals surface area contributed by atoms with Crippen molar-refractivity contribution < 1.29 is 4.79 Å². The molecule has 3 rings (SSSR count). The molecule has 0 spiro atoms. The normalized spacial score (nSPS) is 16.0. The van der Waals surface area contributed by atoms with Crippen LogP contribution < -0.4 is 10.6 Å². The highest BCUT2D eigenvalue weighted by Crippen LogP contribution is 2.20. The second-order valence-electron chi connectivity index (χ2n) is 7.10. The molecule has 2 aromatic rings. The molecule has 0 aliphatic carbocycles. The maximum Gasteiger partial charge on any atom is 0.242 e. The minimum atomic E-state index is -0.00609. The minimum absolute atomic E-state index is 0.00609. The van der Waals surface area contributed by atoms with Gasteiger partial charge in [0.2, 0.25) is 5.91 Å². The van der Waals surface area contributed by atoms with E-state index in [1.54, 1.807) is 4.68 Å². The van der Waals surface area contributed by atoms with Crippen LogP contribution in [0.5, 0.6) is 0 Å². The highest BCUT2D eigenvalue weighted by molar-refractivity contribution is 5.76. The molecule has 26 heavy (non-hydrogen) atoms. The van der Waals surface area contributed by atoms with Gasteiger partial charge >= 0.3 is 0 Å². The Hall–Kier alpha value is -2.41. The maximum atomic E-state index is 12.3. The first-order valence-corrected chi connectivity index (χ1v) is 9.27. The fourth-order valence-electron chi connectivity index (χ4n) is 3.32. The van der Waals surface area contributed by atoms with Crippen molar-refractivity contribution in [1.29, 1.82) is 0 Å². The van der Waals surface area contributed by atoms with E-state index in [1.165, 1.54) is 0 Å². The predicted molar refractivity (Wildman–Crippen MR) is 103 cm³/mol. The van der Waals surface area contributed by atoms with E-state index in [1.807, 2.05) is 37.5 Å². The number of nitrogens with zero attached hydrogens (tertiary/aromatic N) is 4. The lowest BCUT2D eigenvalue weighted by Gasteiger charge is -2.34. The quantitative estimate of drug-likeness (QED) is 0.828. The number of nitrogens with one attached hydrogen (secondary N) is 2. The van der Waals surface area contributed by atoms with Gasteiger partial charge in [0.05, 0.1) is 6.20 Å². The molecule has 1 amide bonds. The summed E-state index contributed by atoms with van der Waals surface area (Å²) in [6, 6.07) is 8.78. The number of aromatic nitrogens is 3. The van der Waals surface area contributed by atoms with Crippen molar-refractivity contribution >= 4 is 11.6 Å². The fourth-order valence-corrected chi connectivity index (χ4v) is 3.32. The van der Waals surface area contributed by atoms with Gasteiger partial charge in [-0.1, -0.05) is 17.3 Å². The average Bonchev–Trinajstić information content (AvgIpc) is 3.10. The number of hydrogen-bond acceptors (Lipinski definition) is 5. The molecule has 1 aromatic heterocycles. The van der Waals surface area contributed by atoms with Crippen LogP contribution in [-0.2, 0) is 11.3 Å². The standard InChI is InChI=1S/C19H28N6O/c1-14(2)24-9-7-16(8-10-24)21-19(26)13-25-12-18(22-23-25)15-5-4-6-17(11-15)20-3/h4-6,11-12,14,16,20H,7-10,13H2,1-3H3,(H,21,26). The first-order chi connectivity index (χ1) is 12.5. The Morgan fingerprint density at radius 3 is 2.77 bits per heavy atom. The molecule has 1 aliphatic rings. The highest BCUT2D eigenvalue weighted by Gasteiger charge is 2.22. The minimum Gasteiger partial charge on any atom is -0.388 e. The Kier molecular flexibility index (Phi) is 5.88. The second-order valence-corrected chi connectivity index (χ2v) is 7.10. The van der Waals surface area contributed by atoms with Crippen LogP contribution in [0.1, 0.15) is 26.7 Å². The smallest absolute Gasteiger partial charge is 0.242 e. The third-order valence-electron chi connectivity index (χ3n) is 4.92. The Bertz CT molecular complexity index is 733. The van der Waals surface area contributed by atoms with E-state index in [9.17, 15) is 4.79 Å². The van der Waals surface area contributed by atoms with Gasteiger partial charge in [-0.25, -0.2) is 4.68 Å². The summed E-state index contributed by atoms with van der Waals surface area (Å²) in [5.74, 6) is -0.00609. The Balaban J connectivity index is 1.53. The van der Waals surface area contributed by atoms with Crippen molar-refractivity contribution in [2.24, 2.45) is 0 Å². The van der Waals surface area contributed by atoms with Crippen LogP contribution in [0.2, 0.25) is 0 Å². The lowest BCUT2D eigenvalue weighted by Crippen LogP contribution is -2.47. The van der Waals surface area contributed by atoms with Crippen molar-refractivity contribution in [1.82, 2.24) is 25.2 Å². The van der Waals surface area contributed by atoms with E-state index >= 15 is 0 Å². The first kappa shape index (κ1) is 18.4. The van der Waals surface area contributed by atoms with Gasteiger partial charge in [0.25, 0.3) is 0 Å². The molecule has 0 radical (unpaired) electrons. The van der Waals surface area contributed by atoms with E-state index in [4.69, 9.17) is 0 Å². The van der Waals surface area contributed by atoms with Gasteiger partial charge in [0, 0.05) is 43.5 Å². The lowest BCUT2D eigenvalue weighted by molar-refractivity contribution is -0.122. The maximum absolute atomic E-state index is 12.3. The number of rotatable bonds is 6. The van der Waals surface area contributed by atoms with Crippen LogP contribution in [-0.4, -0.2) is 58.0 Å². The predicted octanol–water partition coefficient (Wildman–Crippen LogP) is 1.98. The number of amides is 1. The molecule has 0 unspecified atom stereocenters. The second kappa shape index (κ2) is 8.31. The molecule has 1 aliphatic heterocycles. The summed E-state index contributed by atoms with van der Waals surface area (Å²) in [6.45, 7) is 6.71. The largest absolute Gasteiger partial charge is 0.388 e. The number of benzene rings is 1. The van der Waals surface area contributed by atoms with Gasteiger partial charge in [-0.15, -0.1) is 5.10 Å². The summed E-state index contributed by atoms with van der Waals surface area (Å²) in [5.41, 5.74) is 2.76. The van der Waals surface area contributed by atoms with E-state index in [2.05, 4.69) is 39.7 Å². The Labute approximate surface area is 154 Å². The highest BCUT2D eigenvalue weighted by atomic mass is 16.2. The van der Waals surface area contributed by atoms with E-state index in [0.29, 0.717) is 6.04 Å². The molecule has 0 atom stereocenters. The molecule has 7 nitrogen and oxygen atoms in total. The van der Waals surface area contributed by atoms with Gasteiger partial charge in [0.15, 0.2) is 0 Å². The molecule has 2 N–H and O–H groups in total. The Morgan fingerprint density at radius 1 is 1.31 bits per heavy atom. The van der Waals surface area contributed by atoms with E-state index < -0.39 is 0 Å². The molecule has 0 saturated carbocycles. The van der Waals surface area contributed by atoms with E-state index in [-0.39, 0.29) is 18.5 Å². The van der Waals surface area contributed by atoms with Gasteiger partial charge in [0.1, 0.15) is 12.2 Å². The van der Waals surface area contributed by atoms with Crippen LogP contribution in [0.3, 0.4) is 0 Å². The summed E-state index contributed by atoms with van der Waals surface area (Å²) in [7, 11) is 1.88. The van der Waals surface area contributed by atoms with Crippen LogP contribution in [0, 0.1) is 0 Å². The summed E-state index contributed by atoms with van der Waals surface area (Å²) in [6.07, 6.45) is 3.82. The van der Waals surface area contributed by atoms with Gasteiger partial charge in [-0.05, 0) is 38.8 Å². The third-order valence-corrected chi connectivity index (χ3v) is 4.92. The van der Waals surface area contributed by atoms with Crippen LogP contribution in [0.4, 0.5) is 5.69 Å². The molecular weight excluding hydrogens is 328 g/mol. The zero-order valence-corrected chi connectivity index (χ0v) is 15.8. The zero-order chi connectivity index (χ0) is 18.5. The van der Waals surface area contributed by atoms with E-state index in [0.717, 1.165) is 42.9 Å².